The zero-order valence-electron chi connectivity index (χ0n) is 24.5. The molecule has 4 aromatic rings. The average molecular weight is 661 g/mol. The highest BCUT2D eigenvalue weighted by molar-refractivity contribution is 6.00. The molecule has 47 heavy (non-hydrogen) atoms. The van der Waals surface area contributed by atoms with Crippen LogP contribution < -0.4 is 20.5 Å². The highest BCUT2D eigenvalue weighted by Gasteiger charge is 2.60. The Bertz CT molecular complexity index is 1900. The quantitative estimate of drug-likeness (QED) is 0.213. The Morgan fingerprint density at radius 3 is 2.45 bits per heavy atom. The number of amides is 2. The summed E-state index contributed by atoms with van der Waals surface area (Å²) in [6, 6.07) is 8.90. The molecule has 15 heteroatoms. The number of rotatable bonds is 9. The molecule has 0 spiro atoms. The molecule has 1 aliphatic heterocycles. The predicted octanol–water partition coefficient (Wildman–Crippen LogP) is 5.09. The number of nitrogens with two attached hydrogens (primary N) is 1. The van der Waals surface area contributed by atoms with Gasteiger partial charge in [0.25, 0.3) is 12.3 Å². The van der Waals surface area contributed by atoms with E-state index in [4.69, 9.17) is 15.2 Å². The summed E-state index contributed by atoms with van der Waals surface area (Å²) < 4.78 is 95.9. The standard InChI is InChI=1S/C32H26F6N4O5/c1-46-22-10-17(8-16-9-18(27(34)35)12-40-24(16)22)28(43)41-13-31(45,32(36,37)38)23-11-21-26(25(42-23)15-2-6-20(33)7-3-15)47-14-30(21,29(39)44)19-4-5-19/h2-3,6-12,19,27,45H,4-5,13-14H2,1H3,(H2,39,44)(H,41,43)/t30-,31+/m1/s1. The Balaban J connectivity index is 1.43. The van der Waals surface area contributed by atoms with Gasteiger partial charge in [0.2, 0.25) is 11.5 Å². The van der Waals surface area contributed by atoms with E-state index in [1.807, 2.05) is 0 Å². The van der Waals surface area contributed by atoms with Crippen molar-refractivity contribution in [3.05, 3.63) is 82.9 Å². The van der Waals surface area contributed by atoms with Gasteiger partial charge in [0, 0.05) is 33.8 Å². The van der Waals surface area contributed by atoms with Crippen LogP contribution in [-0.4, -0.2) is 53.3 Å². The molecule has 2 aliphatic rings. The summed E-state index contributed by atoms with van der Waals surface area (Å²) in [5.74, 6) is -2.94. The number of carbonyl (C=O) groups excluding carboxylic acids is 2. The first-order chi connectivity index (χ1) is 22.2. The van der Waals surface area contributed by atoms with Crippen molar-refractivity contribution >= 4 is 22.7 Å². The third-order valence-electron chi connectivity index (χ3n) is 8.63. The van der Waals surface area contributed by atoms with E-state index in [-0.39, 0.29) is 57.3 Å². The largest absolute Gasteiger partial charge is 0.494 e. The van der Waals surface area contributed by atoms with Crippen molar-refractivity contribution in [3.8, 4) is 22.8 Å². The summed E-state index contributed by atoms with van der Waals surface area (Å²) in [6.07, 6.45) is -6.27. The van der Waals surface area contributed by atoms with Crippen molar-refractivity contribution < 1.29 is 50.5 Å². The Kier molecular flexibility index (Phi) is 7.77. The second-order valence-electron chi connectivity index (χ2n) is 11.5. The number of nitrogens with zero attached hydrogens (tertiary/aromatic N) is 2. The average Bonchev–Trinajstić information content (AvgIpc) is 3.81. The van der Waals surface area contributed by atoms with Crippen molar-refractivity contribution in [3.63, 3.8) is 0 Å². The first kappa shape index (κ1) is 32.0. The summed E-state index contributed by atoms with van der Waals surface area (Å²) in [7, 11) is 1.23. The van der Waals surface area contributed by atoms with Crippen LogP contribution in [0, 0.1) is 11.7 Å². The molecule has 0 unspecified atom stereocenters. The number of carbonyl (C=O) groups is 2. The number of hydrogen-bond donors (Lipinski definition) is 3. The van der Waals surface area contributed by atoms with Gasteiger partial charge in [-0.15, -0.1) is 0 Å². The third-order valence-corrected chi connectivity index (χ3v) is 8.63. The van der Waals surface area contributed by atoms with Crippen LogP contribution in [0.1, 0.15) is 46.4 Å². The van der Waals surface area contributed by atoms with Crippen LogP contribution in [-0.2, 0) is 15.8 Å². The van der Waals surface area contributed by atoms with Crippen molar-refractivity contribution in [1.29, 1.82) is 0 Å². The van der Waals surface area contributed by atoms with Crippen LogP contribution >= 0.6 is 0 Å². The second-order valence-corrected chi connectivity index (χ2v) is 11.5. The molecule has 0 bridgehead atoms. The maximum absolute atomic E-state index is 14.8. The first-order valence-electron chi connectivity index (χ1n) is 14.3. The smallest absolute Gasteiger partial charge is 0.424 e. The van der Waals surface area contributed by atoms with Crippen molar-refractivity contribution in [2.24, 2.45) is 11.7 Å². The minimum Gasteiger partial charge on any atom is -0.494 e. The molecule has 6 rings (SSSR count). The van der Waals surface area contributed by atoms with Gasteiger partial charge in [0.15, 0.2) is 0 Å². The maximum Gasteiger partial charge on any atom is 0.424 e. The van der Waals surface area contributed by atoms with Crippen LogP contribution in [0.2, 0.25) is 0 Å². The molecule has 0 radical (unpaired) electrons. The fourth-order valence-electron chi connectivity index (χ4n) is 5.89. The predicted molar refractivity (Wildman–Crippen MR) is 154 cm³/mol. The highest BCUT2D eigenvalue weighted by Crippen LogP contribution is 2.56. The molecule has 2 aromatic heterocycles. The lowest BCUT2D eigenvalue weighted by molar-refractivity contribution is -0.265. The number of ether oxygens (including phenoxy) is 2. The molecule has 1 saturated carbocycles. The molecule has 246 valence electrons. The molecular formula is C32H26F6N4O5. The van der Waals surface area contributed by atoms with E-state index in [0.717, 1.165) is 42.6 Å². The Morgan fingerprint density at radius 2 is 1.85 bits per heavy atom. The lowest BCUT2D eigenvalue weighted by Gasteiger charge is -2.32. The summed E-state index contributed by atoms with van der Waals surface area (Å²) in [5.41, 5.74) is -1.16. The first-order valence-corrected chi connectivity index (χ1v) is 14.3. The fourth-order valence-corrected chi connectivity index (χ4v) is 5.89. The molecule has 2 atom stereocenters. The monoisotopic (exact) mass is 660 g/mol. The zero-order chi connectivity index (χ0) is 33.9. The number of hydrogen-bond acceptors (Lipinski definition) is 7. The van der Waals surface area contributed by atoms with E-state index in [1.54, 1.807) is 0 Å². The second kappa shape index (κ2) is 11.4. The fraction of sp³-hybridized carbons (Fsp3) is 0.312. The minimum absolute atomic E-state index is 0.00701. The highest BCUT2D eigenvalue weighted by atomic mass is 19.4. The van der Waals surface area contributed by atoms with E-state index in [2.05, 4.69) is 15.3 Å². The van der Waals surface area contributed by atoms with Gasteiger partial charge < -0.3 is 25.6 Å². The van der Waals surface area contributed by atoms with Crippen LogP contribution in [0.5, 0.6) is 11.5 Å². The van der Waals surface area contributed by atoms with Gasteiger partial charge in [-0.1, -0.05) is 0 Å². The summed E-state index contributed by atoms with van der Waals surface area (Å²) in [6.45, 7) is -1.72. The number of pyridine rings is 2. The van der Waals surface area contributed by atoms with Crippen molar-refractivity contribution in [2.45, 2.75) is 36.5 Å². The Morgan fingerprint density at radius 1 is 1.15 bits per heavy atom. The summed E-state index contributed by atoms with van der Waals surface area (Å²) in [4.78, 5) is 34.1. The van der Waals surface area contributed by atoms with E-state index < -0.39 is 59.1 Å². The summed E-state index contributed by atoms with van der Waals surface area (Å²) in [5, 5.41) is 13.5. The molecule has 4 N–H and O–H groups in total. The molecular weight excluding hydrogens is 634 g/mol. The van der Waals surface area contributed by atoms with Gasteiger partial charge >= 0.3 is 6.18 Å². The minimum atomic E-state index is -5.44. The topological polar surface area (TPSA) is 137 Å². The Labute approximate surface area is 262 Å². The normalized spacial score (nSPS) is 18.8. The van der Waals surface area contributed by atoms with Crippen LogP contribution in [0.25, 0.3) is 22.2 Å². The number of nitrogens with one attached hydrogen (secondary N) is 1. The molecule has 1 aliphatic carbocycles. The molecule has 2 amide bonds. The number of benzene rings is 2. The van der Waals surface area contributed by atoms with Gasteiger partial charge in [0.1, 0.15) is 40.5 Å². The van der Waals surface area contributed by atoms with Crippen LogP contribution in [0.3, 0.4) is 0 Å². The third kappa shape index (κ3) is 5.37. The Hall–Kier alpha value is -4.92. The summed E-state index contributed by atoms with van der Waals surface area (Å²) >= 11 is 0. The van der Waals surface area contributed by atoms with E-state index in [9.17, 15) is 41.0 Å². The van der Waals surface area contributed by atoms with Crippen molar-refractivity contribution in [2.75, 3.05) is 20.3 Å². The number of aromatic nitrogens is 2. The van der Waals surface area contributed by atoms with E-state index in [0.29, 0.717) is 12.8 Å². The molecule has 2 aromatic carbocycles. The lowest BCUT2D eigenvalue weighted by atomic mass is 9.76. The molecule has 9 nitrogen and oxygen atoms in total. The van der Waals surface area contributed by atoms with Crippen LogP contribution in [0.15, 0.2) is 54.7 Å². The molecule has 3 heterocycles. The number of alkyl halides is 5. The maximum atomic E-state index is 14.8. The van der Waals surface area contributed by atoms with Gasteiger partial charge in [-0.3, -0.25) is 14.6 Å². The van der Waals surface area contributed by atoms with Gasteiger partial charge in [-0.2, -0.15) is 13.2 Å². The van der Waals surface area contributed by atoms with Gasteiger partial charge in [-0.25, -0.2) is 18.2 Å². The van der Waals surface area contributed by atoms with Gasteiger partial charge in [-0.05, 0) is 67.3 Å². The van der Waals surface area contributed by atoms with Gasteiger partial charge in [0.05, 0.1) is 19.3 Å². The van der Waals surface area contributed by atoms with Crippen LogP contribution in [0.4, 0.5) is 26.3 Å². The van der Waals surface area contributed by atoms with E-state index in [1.165, 1.54) is 19.2 Å². The lowest BCUT2D eigenvalue weighted by Crippen LogP contribution is -2.52. The molecule has 0 saturated heterocycles. The number of aliphatic hydroxyl groups is 1. The van der Waals surface area contributed by atoms with E-state index >= 15 is 0 Å². The number of methoxy groups -OCH3 is 1. The number of halogens is 6. The molecule has 1 fully saturated rings. The van der Waals surface area contributed by atoms with Crippen molar-refractivity contribution in [1.82, 2.24) is 15.3 Å². The SMILES string of the molecule is COc1cc(C(=O)NC[C@](O)(c2cc3c(c(-c4ccc(F)cc4)n2)OC[C@@]3(C(N)=O)C2CC2)C(F)(F)F)cc2cc(C(F)F)cnc12. The number of primary amides is 1. The number of fused-ring (bicyclic) bond motifs is 2. The zero-order valence-corrected chi connectivity index (χ0v) is 24.5.